The quantitative estimate of drug-likeness (QED) is 0.622. The van der Waals surface area contributed by atoms with Crippen LogP contribution in [0.15, 0.2) is 12.2 Å². The summed E-state index contributed by atoms with van der Waals surface area (Å²) in [4.78, 5) is 12.4. The molecule has 4 saturated carbocycles. The number of carbonyl (C=O) groups excluding carboxylic acids is 1. The summed E-state index contributed by atoms with van der Waals surface area (Å²) >= 11 is 0. The maximum Gasteiger partial charge on any atom is 0.137 e. The van der Waals surface area contributed by atoms with Crippen molar-refractivity contribution in [2.45, 2.75) is 78.6 Å². The van der Waals surface area contributed by atoms with Crippen molar-refractivity contribution in [2.24, 2.45) is 22.2 Å². The number of rotatable bonds is 5. The van der Waals surface area contributed by atoms with E-state index in [2.05, 4.69) is 27.4 Å². The molecule has 0 spiro atoms. The maximum absolute atomic E-state index is 12.4. The third-order valence-electron chi connectivity index (χ3n) is 6.26. The van der Waals surface area contributed by atoms with Crippen molar-refractivity contribution in [3.8, 4) is 0 Å². The standard InChI is InChI=1S/C19H30O/c1-5-14(2)6-16(20)10-19-9-15-7-17(3,12-19)11-18(4,8-15)13-19/h15H,2,5-13H2,1,3-4H3. The zero-order valence-corrected chi connectivity index (χ0v) is 13.6. The highest BCUT2D eigenvalue weighted by Crippen LogP contribution is 2.70. The van der Waals surface area contributed by atoms with E-state index in [0.29, 0.717) is 28.4 Å². The Morgan fingerprint density at radius 2 is 1.70 bits per heavy atom. The van der Waals surface area contributed by atoms with Crippen LogP contribution < -0.4 is 0 Å². The predicted molar refractivity (Wildman–Crippen MR) is 83.5 cm³/mol. The SMILES string of the molecule is C=C(CC)CC(=O)CC12CC3CC(C)(CC(C)(C3)C1)C2. The van der Waals surface area contributed by atoms with Crippen LogP contribution in [-0.2, 0) is 4.79 Å². The van der Waals surface area contributed by atoms with Crippen LogP contribution in [0.3, 0.4) is 0 Å². The molecule has 1 nitrogen and oxygen atoms in total. The van der Waals surface area contributed by atoms with Gasteiger partial charge in [0.2, 0.25) is 0 Å². The van der Waals surface area contributed by atoms with Gasteiger partial charge in [0.1, 0.15) is 5.78 Å². The highest BCUT2D eigenvalue weighted by atomic mass is 16.1. The molecule has 0 aromatic rings. The molecule has 4 aliphatic carbocycles. The molecular weight excluding hydrogens is 244 g/mol. The summed E-state index contributed by atoms with van der Waals surface area (Å²) in [5, 5.41) is 0. The molecule has 20 heavy (non-hydrogen) atoms. The average molecular weight is 274 g/mol. The van der Waals surface area contributed by atoms with Crippen molar-refractivity contribution in [3.63, 3.8) is 0 Å². The fraction of sp³-hybridized carbons (Fsp3) is 0.842. The van der Waals surface area contributed by atoms with Crippen molar-refractivity contribution in [2.75, 3.05) is 0 Å². The number of ketones is 1. The summed E-state index contributed by atoms with van der Waals surface area (Å²) in [7, 11) is 0. The van der Waals surface area contributed by atoms with Crippen LogP contribution in [0.1, 0.15) is 78.6 Å². The minimum atomic E-state index is 0.341. The van der Waals surface area contributed by atoms with Gasteiger partial charge < -0.3 is 0 Å². The molecule has 4 fully saturated rings. The van der Waals surface area contributed by atoms with Crippen molar-refractivity contribution < 1.29 is 4.79 Å². The largest absolute Gasteiger partial charge is 0.299 e. The van der Waals surface area contributed by atoms with Gasteiger partial charge in [0, 0.05) is 12.8 Å². The van der Waals surface area contributed by atoms with Crippen LogP contribution in [0, 0.1) is 22.2 Å². The number of Topliss-reactive ketones (excluding diaryl/α,β-unsaturated/α-hetero) is 1. The van der Waals surface area contributed by atoms with E-state index in [1.54, 1.807) is 0 Å². The van der Waals surface area contributed by atoms with Crippen molar-refractivity contribution in [1.82, 2.24) is 0 Å². The molecule has 0 radical (unpaired) electrons. The van der Waals surface area contributed by atoms with Gasteiger partial charge in [0.25, 0.3) is 0 Å². The van der Waals surface area contributed by atoms with E-state index in [9.17, 15) is 4.79 Å². The summed E-state index contributed by atoms with van der Waals surface area (Å²) in [6.07, 6.45) is 10.5. The van der Waals surface area contributed by atoms with E-state index < -0.39 is 0 Å². The summed E-state index contributed by atoms with van der Waals surface area (Å²) in [6, 6.07) is 0. The molecule has 0 aromatic heterocycles. The van der Waals surface area contributed by atoms with Crippen LogP contribution >= 0.6 is 0 Å². The first-order valence-electron chi connectivity index (χ1n) is 8.44. The van der Waals surface area contributed by atoms with Crippen LogP contribution in [0.2, 0.25) is 0 Å². The molecule has 1 heteroatoms. The van der Waals surface area contributed by atoms with E-state index in [-0.39, 0.29) is 0 Å². The van der Waals surface area contributed by atoms with Gasteiger partial charge in [-0.25, -0.2) is 0 Å². The summed E-state index contributed by atoms with van der Waals surface area (Å²) in [5.41, 5.74) is 2.50. The minimum absolute atomic E-state index is 0.341. The van der Waals surface area contributed by atoms with E-state index >= 15 is 0 Å². The Labute approximate surface area is 124 Å². The Morgan fingerprint density at radius 3 is 2.20 bits per heavy atom. The average Bonchev–Trinajstić information content (AvgIpc) is 2.22. The number of allylic oxidation sites excluding steroid dienone is 1. The summed E-state index contributed by atoms with van der Waals surface area (Å²) in [6.45, 7) is 11.1. The second-order valence-electron chi connectivity index (χ2n) is 9.13. The Kier molecular flexibility index (Phi) is 3.19. The van der Waals surface area contributed by atoms with Crippen LogP contribution in [0.25, 0.3) is 0 Å². The van der Waals surface area contributed by atoms with Crippen molar-refractivity contribution in [1.29, 1.82) is 0 Å². The zero-order valence-electron chi connectivity index (χ0n) is 13.6. The van der Waals surface area contributed by atoms with Gasteiger partial charge in [-0.05, 0) is 67.1 Å². The lowest BCUT2D eigenvalue weighted by molar-refractivity contribution is -0.154. The van der Waals surface area contributed by atoms with E-state index in [1.807, 2.05) is 0 Å². The fourth-order valence-electron chi connectivity index (χ4n) is 6.77. The third-order valence-corrected chi connectivity index (χ3v) is 6.26. The van der Waals surface area contributed by atoms with E-state index in [4.69, 9.17) is 0 Å². The Morgan fingerprint density at radius 1 is 1.10 bits per heavy atom. The number of carbonyl (C=O) groups is 1. The van der Waals surface area contributed by atoms with E-state index in [1.165, 1.54) is 38.5 Å². The van der Waals surface area contributed by atoms with Crippen LogP contribution in [0.5, 0.6) is 0 Å². The molecule has 2 unspecified atom stereocenters. The second-order valence-corrected chi connectivity index (χ2v) is 9.13. The molecule has 2 atom stereocenters. The molecule has 0 aliphatic heterocycles. The van der Waals surface area contributed by atoms with Crippen molar-refractivity contribution >= 4 is 5.78 Å². The highest BCUT2D eigenvalue weighted by Gasteiger charge is 2.60. The first-order valence-corrected chi connectivity index (χ1v) is 8.44. The monoisotopic (exact) mass is 274 g/mol. The van der Waals surface area contributed by atoms with Crippen LogP contribution in [-0.4, -0.2) is 5.78 Å². The lowest BCUT2D eigenvalue weighted by Crippen LogP contribution is -2.55. The number of hydrogen-bond acceptors (Lipinski definition) is 1. The molecule has 0 amide bonds. The molecule has 4 bridgehead atoms. The smallest absolute Gasteiger partial charge is 0.137 e. The molecule has 0 aromatic carbocycles. The molecule has 0 saturated heterocycles. The number of hydrogen-bond donors (Lipinski definition) is 0. The lowest BCUT2D eigenvalue weighted by Gasteiger charge is -2.65. The minimum Gasteiger partial charge on any atom is -0.299 e. The van der Waals surface area contributed by atoms with Gasteiger partial charge in [-0.3, -0.25) is 4.79 Å². The lowest BCUT2D eigenvalue weighted by atomic mass is 9.39. The first kappa shape index (κ1) is 14.4. The first-order chi connectivity index (χ1) is 9.26. The topological polar surface area (TPSA) is 17.1 Å². The van der Waals surface area contributed by atoms with Gasteiger partial charge in [-0.1, -0.05) is 32.9 Å². The predicted octanol–water partition coefficient (Wildman–Crippen LogP) is 5.30. The van der Waals surface area contributed by atoms with Gasteiger partial charge in [-0.15, -0.1) is 0 Å². The Hall–Kier alpha value is -0.590. The molecule has 0 N–H and O–H groups in total. The van der Waals surface area contributed by atoms with Gasteiger partial charge >= 0.3 is 0 Å². The highest BCUT2D eigenvalue weighted by molar-refractivity contribution is 5.81. The maximum atomic E-state index is 12.4. The summed E-state index contributed by atoms with van der Waals surface area (Å²) < 4.78 is 0. The fourth-order valence-corrected chi connectivity index (χ4v) is 6.77. The molecular formula is C19H30O. The van der Waals surface area contributed by atoms with Gasteiger partial charge in [0.05, 0.1) is 0 Å². The Bertz CT molecular complexity index is 429. The second kappa shape index (κ2) is 4.45. The zero-order chi connectivity index (χ0) is 14.6. The van der Waals surface area contributed by atoms with Gasteiger partial charge in [0.15, 0.2) is 0 Å². The molecule has 112 valence electrons. The third kappa shape index (κ3) is 2.49. The molecule has 0 heterocycles. The van der Waals surface area contributed by atoms with E-state index in [0.717, 1.165) is 24.3 Å². The van der Waals surface area contributed by atoms with Crippen molar-refractivity contribution in [3.05, 3.63) is 12.2 Å². The van der Waals surface area contributed by atoms with Gasteiger partial charge in [-0.2, -0.15) is 0 Å². The summed E-state index contributed by atoms with van der Waals surface area (Å²) in [5.74, 6) is 1.34. The molecule has 4 rings (SSSR count). The normalized spacial score (nSPS) is 45.6. The Balaban J connectivity index is 1.76. The van der Waals surface area contributed by atoms with Crippen LogP contribution in [0.4, 0.5) is 0 Å². The molecule has 4 aliphatic rings.